The number of hydrogen-bond donors (Lipinski definition) is 0. The van der Waals surface area contributed by atoms with E-state index >= 15 is 0 Å². The smallest absolute Gasteiger partial charge is 0.122 e. The molecule has 0 unspecified atom stereocenters. The zero-order chi connectivity index (χ0) is 19.2. The topological polar surface area (TPSA) is 23.8 Å². The third-order valence-electron chi connectivity index (χ3n) is 5.09. The molecule has 0 radical (unpaired) electrons. The van der Waals surface area contributed by atoms with Crippen molar-refractivity contribution < 1.29 is 0 Å². The fourth-order valence-corrected chi connectivity index (χ4v) is 8.21. The van der Waals surface area contributed by atoms with Gasteiger partial charge in [-0.05, 0) is 42.0 Å². The van der Waals surface area contributed by atoms with Gasteiger partial charge in [-0.15, -0.1) is 0 Å². The van der Waals surface area contributed by atoms with Gasteiger partial charge in [0.1, 0.15) is 29.2 Å². The highest BCUT2D eigenvalue weighted by Gasteiger charge is 2.46. The van der Waals surface area contributed by atoms with Crippen molar-refractivity contribution in [3.63, 3.8) is 0 Å². The molecule has 0 amide bonds. The Kier molecular flexibility index (Phi) is 5.34. The maximum atomic E-state index is 9.91. The van der Waals surface area contributed by atoms with Crippen LogP contribution < -0.4 is 15.9 Å². The Labute approximate surface area is 167 Å². The van der Waals surface area contributed by atoms with E-state index in [0.29, 0.717) is 0 Å². The Bertz CT molecular complexity index is 1040. The summed E-state index contributed by atoms with van der Waals surface area (Å²) in [7, 11) is -2.05. The minimum atomic E-state index is -2.05. The van der Waals surface area contributed by atoms with Crippen LogP contribution in [0.4, 0.5) is 0 Å². The first kappa shape index (κ1) is 18.2. The second-order valence-electron chi connectivity index (χ2n) is 6.75. The van der Waals surface area contributed by atoms with Crippen LogP contribution in [-0.2, 0) is 6.16 Å². The van der Waals surface area contributed by atoms with Gasteiger partial charge in [0.2, 0.25) is 0 Å². The average molecular weight is 378 g/mol. The summed E-state index contributed by atoms with van der Waals surface area (Å²) in [4.78, 5) is 0. The van der Waals surface area contributed by atoms with E-state index in [1.54, 1.807) is 0 Å². The van der Waals surface area contributed by atoms with E-state index in [9.17, 15) is 5.26 Å². The van der Waals surface area contributed by atoms with E-state index in [0.717, 1.165) is 17.0 Å². The molecule has 0 saturated carbocycles. The first-order chi connectivity index (χ1) is 13.8. The third-order valence-corrected chi connectivity index (χ3v) is 9.50. The van der Waals surface area contributed by atoms with E-state index in [-0.39, 0.29) is 0 Å². The van der Waals surface area contributed by atoms with Crippen LogP contribution in [-0.4, -0.2) is 0 Å². The largest absolute Gasteiger partial charge is 0.192 e. The molecular weight excluding hydrogens is 357 g/mol. The molecule has 2 heteroatoms. The predicted octanol–water partition coefficient (Wildman–Crippen LogP) is 5.05. The van der Waals surface area contributed by atoms with Gasteiger partial charge in [-0.1, -0.05) is 78.9 Å². The zero-order valence-electron chi connectivity index (χ0n) is 15.6. The minimum Gasteiger partial charge on any atom is -0.192 e. The lowest BCUT2D eigenvalue weighted by Gasteiger charge is -2.28. The molecular formula is C26H21NP+. The van der Waals surface area contributed by atoms with Gasteiger partial charge in [0, 0.05) is 0 Å². The summed E-state index contributed by atoms with van der Waals surface area (Å²) in [6.07, 6.45) is 0.889. The lowest BCUT2D eigenvalue weighted by Crippen LogP contribution is -2.34. The standard InChI is InChI=1S/C26H21NP/c27-20-23-14-10-11-19-26(23)28(24-15-6-2-7-16-24,25-17-8-3-9-18-25)21-22-12-4-1-5-13-22/h1-19H,21H2/q+1. The highest BCUT2D eigenvalue weighted by atomic mass is 31.2. The molecule has 134 valence electrons. The molecule has 0 bridgehead atoms. The molecule has 0 heterocycles. The van der Waals surface area contributed by atoms with Gasteiger partial charge in [0.05, 0.1) is 11.7 Å². The first-order valence-electron chi connectivity index (χ1n) is 9.37. The Morgan fingerprint density at radius 1 is 0.571 bits per heavy atom. The van der Waals surface area contributed by atoms with Crippen LogP contribution in [0.1, 0.15) is 11.1 Å². The van der Waals surface area contributed by atoms with E-state index < -0.39 is 7.26 Å². The van der Waals surface area contributed by atoms with Crippen LogP contribution in [0.5, 0.6) is 0 Å². The molecule has 0 aliphatic heterocycles. The van der Waals surface area contributed by atoms with Crippen molar-refractivity contribution >= 4 is 23.2 Å². The fraction of sp³-hybridized carbons (Fsp3) is 0.0385. The molecule has 1 nitrogen and oxygen atoms in total. The number of nitriles is 1. The molecule has 4 aromatic carbocycles. The van der Waals surface area contributed by atoms with Gasteiger partial charge in [-0.25, -0.2) is 0 Å². The highest BCUT2D eigenvalue weighted by molar-refractivity contribution is 7.95. The summed E-state index contributed by atoms with van der Waals surface area (Å²) in [6, 6.07) is 42.6. The quantitative estimate of drug-likeness (QED) is 0.446. The summed E-state index contributed by atoms with van der Waals surface area (Å²) in [5.41, 5.74) is 2.05. The van der Waals surface area contributed by atoms with Crippen molar-refractivity contribution in [2.75, 3.05) is 0 Å². The normalized spacial score (nSPS) is 11.0. The van der Waals surface area contributed by atoms with Gasteiger partial charge in [0.25, 0.3) is 0 Å². The molecule has 28 heavy (non-hydrogen) atoms. The molecule has 0 N–H and O–H groups in total. The SMILES string of the molecule is N#Cc1ccccc1[P+](Cc1ccccc1)(c1ccccc1)c1ccccc1. The van der Waals surface area contributed by atoms with Crippen molar-refractivity contribution in [1.29, 1.82) is 5.26 Å². The Morgan fingerprint density at radius 3 is 1.57 bits per heavy atom. The molecule has 0 aliphatic carbocycles. The van der Waals surface area contributed by atoms with Crippen molar-refractivity contribution in [3.8, 4) is 6.07 Å². The molecule has 0 spiro atoms. The Balaban J connectivity index is 2.07. The van der Waals surface area contributed by atoms with Crippen molar-refractivity contribution in [2.24, 2.45) is 0 Å². The van der Waals surface area contributed by atoms with Crippen LogP contribution in [0.3, 0.4) is 0 Å². The van der Waals surface area contributed by atoms with E-state index in [4.69, 9.17) is 0 Å². The molecule has 0 saturated heterocycles. The fourth-order valence-electron chi connectivity index (χ4n) is 3.82. The van der Waals surface area contributed by atoms with Crippen LogP contribution in [0, 0.1) is 11.3 Å². The summed E-state index contributed by atoms with van der Waals surface area (Å²) in [5, 5.41) is 13.7. The van der Waals surface area contributed by atoms with E-state index in [2.05, 4.69) is 109 Å². The molecule has 0 atom stereocenters. The van der Waals surface area contributed by atoms with Gasteiger partial charge in [0.15, 0.2) is 0 Å². The lowest BCUT2D eigenvalue weighted by molar-refractivity contribution is 1.39. The number of hydrogen-bond acceptors (Lipinski definition) is 1. The first-order valence-corrected chi connectivity index (χ1v) is 11.3. The number of benzene rings is 4. The number of rotatable bonds is 5. The average Bonchev–Trinajstić information content (AvgIpc) is 2.79. The second-order valence-corrected chi connectivity index (χ2v) is 10.2. The van der Waals surface area contributed by atoms with Crippen molar-refractivity contribution in [3.05, 3.63) is 126 Å². The van der Waals surface area contributed by atoms with Crippen LogP contribution in [0.15, 0.2) is 115 Å². The van der Waals surface area contributed by atoms with Gasteiger partial charge in [-0.3, -0.25) is 0 Å². The van der Waals surface area contributed by atoms with E-state index in [1.807, 2.05) is 12.1 Å². The summed E-state index contributed by atoms with van der Waals surface area (Å²) >= 11 is 0. The molecule has 0 fully saturated rings. The van der Waals surface area contributed by atoms with Crippen LogP contribution in [0.2, 0.25) is 0 Å². The zero-order valence-corrected chi connectivity index (χ0v) is 16.5. The maximum Gasteiger partial charge on any atom is 0.122 e. The Hall–Kier alpha value is -3.20. The van der Waals surface area contributed by atoms with Crippen molar-refractivity contribution in [1.82, 2.24) is 0 Å². The second kappa shape index (κ2) is 8.22. The van der Waals surface area contributed by atoms with Crippen LogP contribution in [0.25, 0.3) is 0 Å². The van der Waals surface area contributed by atoms with Gasteiger partial charge in [-0.2, -0.15) is 5.26 Å². The van der Waals surface area contributed by atoms with Crippen LogP contribution >= 0.6 is 7.26 Å². The molecule has 0 aromatic heterocycles. The third kappa shape index (κ3) is 3.36. The lowest BCUT2D eigenvalue weighted by atomic mass is 10.2. The van der Waals surface area contributed by atoms with E-state index in [1.165, 1.54) is 16.2 Å². The minimum absolute atomic E-state index is 0.763. The summed E-state index contributed by atoms with van der Waals surface area (Å²) in [6.45, 7) is 0. The Morgan fingerprint density at radius 2 is 1.04 bits per heavy atom. The predicted molar refractivity (Wildman–Crippen MR) is 120 cm³/mol. The van der Waals surface area contributed by atoms with Gasteiger partial charge >= 0.3 is 0 Å². The summed E-state index contributed by atoms with van der Waals surface area (Å²) < 4.78 is 0. The summed E-state index contributed by atoms with van der Waals surface area (Å²) in [5.74, 6) is 0. The molecule has 4 aromatic rings. The highest BCUT2D eigenvalue weighted by Crippen LogP contribution is 2.58. The molecule has 4 rings (SSSR count). The maximum absolute atomic E-state index is 9.91. The van der Waals surface area contributed by atoms with Crippen molar-refractivity contribution in [2.45, 2.75) is 6.16 Å². The monoisotopic (exact) mass is 378 g/mol. The van der Waals surface area contributed by atoms with Gasteiger partial charge < -0.3 is 0 Å². The molecule has 0 aliphatic rings. The number of nitrogens with zero attached hydrogens (tertiary/aromatic N) is 1.